The number of rotatable bonds is 5. The predicted octanol–water partition coefficient (Wildman–Crippen LogP) is 5.89. The van der Waals surface area contributed by atoms with E-state index in [9.17, 15) is 0 Å². The van der Waals surface area contributed by atoms with Gasteiger partial charge in [-0.1, -0.05) is 23.8 Å². The van der Waals surface area contributed by atoms with Crippen LogP contribution >= 0.6 is 15.9 Å². The minimum absolute atomic E-state index is 0.537. The van der Waals surface area contributed by atoms with Crippen LogP contribution in [0.25, 0.3) is 16.5 Å². The lowest BCUT2D eigenvalue weighted by atomic mass is 9.99. The first kappa shape index (κ1) is 19.8. The first-order chi connectivity index (χ1) is 15.2. The Kier molecular flexibility index (Phi) is 5.44. The van der Waals surface area contributed by atoms with Gasteiger partial charge >= 0.3 is 0 Å². The predicted molar refractivity (Wildman–Crippen MR) is 131 cm³/mol. The number of aromatic nitrogens is 3. The lowest BCUT2D eigenvalue weighted by molar-refractivity contribution is 0.739. The molecule has 0 atom stereocenters. The lowest BCUT2D eigenvalue weighted by Gasteiger charge is -2.14. The number of nitrogens with zero attached hydrogens (tertiary/aromatic N) is 2. The molecule has 4 N–H and O–H groups in total. The number of halogens is 1. The number of fused-ring (bicyclic) bond motifs is 1. The highest BCUT2D eigenvalue weighted by Crippen LogP contribution is 2.31. The molecule has 6 nitrogen and oxygen atoms in total. The molecule has 5 rings (SSSR count). The summed E-state index contributed by atoms with van der Waals surface area (Å²) in [4.78, 5) is 12.5. The average Bonchev–Trinajstić information content (AvgIpc) is 3.21. The van der Waals surface area contributed by atoms with E-state index < -0.39 is 0 Å². The molecule has 1 aliphatic rings. The van der Waals surface area contributed by atoms with Crippen LogP contribution < -0.4 is 16.0 Å². The second-order valence-electron chi connectivity index (χ2n) is 7.65. The van der Waals surface area contributed by atoms with Crippen LogP contribution in [0.3, 0.4) is 0 Å². The first-order valence-electron chi connectivity index (χ1n) is 10.3. The fraction of sp³-hybridized carbons (Fsp3) is 0.167. The van der Waals surface area contributed by atoms with Crippen LogP contribution in [0.5, 0.6) is 0 Å². The summed E-state index contributed by atoms with van der Waals surface area (Å²) in [5.41, 5.74) is 6.91. The van der Waals surface area contributed by atoms with Crippen molar-refractivity contribution in [3.05, 3.63) is 76.5 Å². The number of hydrogen-bond donors (Lipinski definition) is 4. The maximum absolute atomic E-state index is 4.66. The van der Waals surface area contributed by atoms with E-state index in [1.165, 1.54) is 22.1 Å². The van der Waals surface area contributed by atoms with Gasteiger partial charge in [-0.2, -0.15) is 4.98 Å². The van der Waals surface area contributed by atoms with Crippen molar-refractivity contribution in [3.63, 3.8) is 0 Å². The number of anilines is 4. The Bertz CT molecular complexity index is 1260. The zero-order valence-corrected chi connectivity index (χ0v) is 18.8. The van der Waals surface area contributed by atoms with E-state index in [0.29, 0.717) is 11.8 Å². The van der Waals surface area contributed by atoms with Crippen molar-refractivity contribution in [3.8, 4) is 0 Å². The van der Waals surface area contributed by atoms with Crippen LogP contribution in [-0.2, 0) is 0 Å². The van der Waals surface area contributed by atoms with Crippen molar-refractivity contribution in [2.45, 2.75) is 13.3 Å². The summed E-state index contributed by atoms with van der Waals surface area (Å²) < 4.78 is 0.805. The maximum Gasteiger partial charge on any atom is 0.229 e. The normalized spacial score (nSPS) is 13.8. The van der Waals surface area contributed by atoms with E-state index in [2.05, 4.69) is 90.3 Å². The smallest absolute Gasteiger partial charge is 0.229 e. The average molecular weight is 475 g/mol. The summed E-state index contributed by atoms with van der Waals surface area (Å²) in [5, 5.41) is 11.3. The number of hydrogen-bond acceptors (Lipinski definition) is 5. The summed E-state index contributed by atoms with van der Waals surface area (Å²) in [7, 11) is 0. The summed E-state index contributed by atoms with van der Waals surface area (Å²) in [5.74, 6) is 1.25. The Labute approximate surface area is 189 Å². The fourth-order valence-corrected chi connectivity index (χ4v) is 4.04. The summed E-state index contributed by atoms with van der Waals surface area (Å²) in [6.45, 7) is 4.00. The number of aryl methyl sites for hydroxylation is 1. The third-order valence-electron chi connectivity index (χ3n) is 5.41. The van der Waals surface area contributed by atoms with E-state index in [1.54, 1.807) is 6.20 Å². The van der Waals surface area contributed by atoms with Gasteiger partial charge in [0.05, 0.1) is 4.47 Å². The molecule has 0 radical (unpaired) electrons. The van der Waals surface area contributed by atoms with Crippen molar-refractivity contribution >= 4 is 55.5 Å². The minimum atomic E-state index is 0.537. The van der Waals surface area contributed by atoms with Gasteiger partial charge in [0.1, 0.15) is 5.82 Å². The molecule has 1 aliphatic heterocycles. The van der Waals surface area contributed by atoms with Gasteiger partial charge in [-0.25, -0.2) is 4.98 Å². The third-order valence-corrected chi connectivity index (χ3v) is 5.99. The monoisotopic (exact) mass is 474 g/mol. The molecule has 0 saturated heterocycles. The summed E-state index contributed by atoms with van der Waals surface area (Å²) in [6, 6.07) is 14.5. The number of H-pyrrole nitrogens is 1. The molecule has 0 spiro atoms. The zero-order chi connectivity index (χ0) is 21.2. The van der Waals surface area contributed by atoms with Crippen molar-refractivity contribution in [1.29, 1.82) is 0 Å². The molecule has 0 saturated carbocycles. The highest BCUT2D eigenvalue weighted by atomic mass is 79.9. The molecule has 156 valence electrons. The highest BCUT2D eigenvalue weighted by Gasteiger charge is 2.12. The fourth-order valence-electron chi connectivity index (χ4n) is 3.75. The van der Waals surface area contributed by atoms with Crippen molar-refractivity contribution < 1.29 is 0 Å². The van der Waals surface area contributed by atoms with Gasteiger partial charge in [0.25, 0.3) is 0 Å². The molecule has 2 aromatic carbocycles. The van der Waals surface area contributed by atoms with Crippen LogP contribution in [0.1, 0.15) is 17.5 Å². The SMILES string of the molecule is Cc1ccc(Nc2nc(Nc3ccc4[nH]cc(C5=CCNCC5)c4c3)ncc2Br)cc1. The molecule has 31 heavy (non-hydrogen) atoms. The molecule has 0 fully saturated rings. The quantitative estimate of drug-likeness (QED) is 0.290. The van der Waals surface area contributed by atoms with Gasteiger partial charge in [-0.15, -0.1) is 0 Å². The Morgan fingerprint density at radius 1 is 1.03 bits per heavy atom. The van der Waals surface area contributed by atoms with E-state index in [4.69, 9.17) is 0 Å². The minimum Gasteiger partial charge on any atom is -0.361 e. The van der Waals surface area contributed by atoms with E-state index in [0.717, 1.165) is 40.9 Å². The third kappa shape index (κ3) is 4.33. The van der Waals surface area contributed by atoms with Gasteiger partial charge < -0.3 is 20.9 Å². The van der Waals surface area contributed by atoms with Gasteiger partial charge in [0, 0.05) is 46.8 Å². The Morgan fingerprint density at radius 2 is 1.87 bits per heavy atom. The van der Waals surface area contributed by atoms with Gasteiger partial charge in [0.15, 0.2) is 0 Å². The molecule has 0 amide bonds. The van der Waals surface area contributed by atoms with Crippen LogP contribution in [0.2, 0.25) is 0 Å². The molecular formula is C24H23BrN6. The van der Waals surface area contributed by atoms with Crippen molar-refractivity contribution in [1.82, 2.24) is 20.3 Å². The largest absolute Gasteiger partial charge is 0.361 e. The Balaban J connectivity index is 1.41. The van der Waals surface area contributed by atoms with E-state index in [-0.39, 0.29) is 0 Å². The van der Waals surface area contributed by atoms with Gasteiger partial charge in [-0.3, -0.25) is 0 Å². The lowest BCUT2D eigenvalue weighted by Crippen LogP contribution is -2.19. The molecule has 0 unspecified atom stereocenters. The van der Waals surface area contributed by atoms with Crippen LogP contribution in [0.4, 0.5) is 23.1 Å². The first-order valence-corrected chi connectivity index (χ1v) is 11.1. The summed E-state index contributed by atoms with van der Waals surface area (Å²) in [6.07, 6.45) is 7.17. The molecule has 0 bridgehead atoms. The molecule has 3 heterocycles. The molecular weight excluding hydrogens is 452 g/mol. The molecule has 2 aromatic heterocycles. The standard InChI is InChI=1S/C24H23BrN6/c1-15-2-4-17(5-3-15)29-23-21(25)14-28-24(31-23)30-18-6-7-22-19(12-18)20(13-27-22)16-8-10-26-11-9-16/h2-8,12-14,26-27H,9-11H2,1H3,(H2,28,29,30,31). The van der Waals surface area contributed by atoms with Gasteiger partial charge in [0.2, 0.25) is 5.95 Å². The van der Waals surface area contributed by atoms with E-state index in [1.807, 2.05) is 18.2 Å². The number of aromatic amines is 1. The van der Waals surface area contributed by atoms with Crippen LogP contribution in [0.15, 0.2) is 65.4 Å². The van der Waals surface area contributed by atoms with Crippen molar-refractivity contribution in [2.75, 3.05) is 23.7 Å². The second-order valence-corrected chi connectivity index (χ2v) is 8.51. The topological polar surface area (TPSA) is 77.7 Å². The van der Waals surface area contributed by atoms with Crippen molar-refractivity contribution in [2.24, 2.45) is 0 Å². The van der Waals surface area contributed by atoms with Crippen LogP contribution in [0, 0.1) is 6.92 Å². The summed E-state index contributed by atoms with van der Waals surface area (Å²) >= 11 is 3.54. The molecule has 0 aliphatic carbocycles. The van der Waals surface area contributed by atoms with Crippen LogP contribution in [-0.4, -0.2) is 28.0 Å². The maximum atomic E-state index is 4.66. The Hall–Kier alpha value is -3.16. The Morgan fingerprint density at radius 3 is 2.68 bits per heavy atom. The van der Waals surface area contributed by atoms with Gasteiger partial charge in [-0.05, 0) is 71.7 Å². The second kappa shape index (κ2) is 8.53. The van der Waals surface area contributed by atoms with E-state index >= 15 is 0 Å². The molecule has 4 aromatic rings. The molecule has 7 heteroatoms. The number of benzene rings is 2. The number of nitrogens with one attached hydrogen (secondary N) is 4. The highest BCUT2D eigenvalue weighted by molar-refractivity contribution is 9.10. The zero-order valence-electron chi connectivity index (χ0n) is 17.2.